The van der Waals surface area contributed by atoms with E-state index in [0.717, 1.165) is 34.0 Å². The number of para-hydroxylation sites is 3. The summed E-state index contributed by atoms with van der Waals surface area (Å²) in [4.78, 5) is 4.84. The number of hydrogen-bond donors (Lipinski definition) is 0. The van der Waals surface area contributed by atoms with Crippen molar-refractivity contribution in [3.63, 3.8) is 0 Å². The summed E-state index contributed by atoms with van der Waals surface area (Å²) in [7, 11) is -6.00. The van der Waals surface area contributed by atoms with Crippen molar-refractivity contribution in [1.29, 1.82) is 0 Å². The van der Waals surface area contributed by atoms with Gasteiger partial charge in [-0.2, -0.15) is 9.13 Å². The molecule has 5 nitrogen and oxygen atoms in total. The fraction of sp³-hybridized carbons (Fsp3) is 0.163. The second-order valence-corrected chi connectivity index (χ2v) is 14.9. The van der Waals surface area contributed by atoms with Crippen molar-refractivity contribution in [2.75, 3.05) is 0 Å². The summed E-state index contributed by atoms with van der Waals surface area (Å²) >= 11 is 0. The summed E-state index contributed by atoms with van der Waals surface area (Å²) in [6.07, 6.45) is 4.13. The summed E-state index contributed by atoms with van der Waals surface area (Å²) in [5.41, 5.74) is 10.7. The standard InChI is InChI=1S/C43H37N4O.BF4/c1-42(2,3)28-22-23-44-40(24-28)47-36-17-8-6-14-32(36)33-21-20-31(26-39(33)47)48-30-13-10-12-29(25-30)45-27-46-37-18-9-7-15-34(37)43(4,5)35-16-11-19-38(45)41(35)46;2-1(3,4)5/h6-27H,1-5H3;/q+1;-1. The van der Waals surface area contributed by atoms with Gasteiger partial charge >= 0.3 is 7.25 Å². The van der Waals surface area contributed by atoms with E-state index < -0.39 is 7.25 Å². The number of pyridine rings is 1. The molecule has 0 aliphatic carbocycles. The largest absolute Gasteiger partial charge is 0.673 e. The van der Waals surface area contributed by atoms with Crippen LogP contribution < -0.4 is 9.30 Å². The molecular weight excluding hydrogens is 675 g/mol. The van der Waals surface area contributed by atoms with Crippen LogP contribution in [0.5, 0.6) is 11.5 Å². The van der Waals surface area contributed by atoms with E-state index in [1.807, 2.05) is 12.3 Å². The molecule has 0 fully saturated rings. The lowest BCUT2D eigenvalue weighted by molar-refractivity contribution is -0.570. The minimum atomic E-state index is -6.00. The molecule has 3 aromatic heterocycles. The summed E-state index contributed by atoms with van der Waals surface area (Å²) in [6.45, 7) is 11.4. The highest BCUT2D eigenvalue weighted by Gasteiger charge is 2.38. The van der Waals surface area contributed by atoms with Crippen LogP contribution in [0.25, 0.3) is 50.0 Å². The number of aromatic nitrogens is 4. The first kappa shape index (κ1) is 34.2. The Morgan fingerprint density at radius 3 is 2.13 bits per heavy atom. The van der Waals surface area contributed by atoms with Gasteiger partial charge in [0.2, 0.25) is 0 Å². The van der Waals surface area contributed by atoms with Crippen molar-refractivity contribution in [2.45, 2.75) is 45.4 Å². The number of benzene rings is 5. The van der Waals surface area contributed by atoms with Crippen molar-refractivity contribution >= 4 is 40.1 Å². The molecule has 0 atom stereocenters. The zero-order chi connectivity index (χ0) is 37.3. The number of halogens is 4. The van der Waals surface area contributed by atoms with Gasteiger partial charge in [-0.05, 0) is 65.6 Å². The molecule has 266 valence electrons. The maximum Gasteiger partial charge on any atom is 0.673 e. The average molecular weight is 713 g/mol. The van der Waals surface area contributed by atoms with Gasteiger partial charge in [0.15, 0.2) is 11.0 Å². The lowest BCUT2D eigenvalue weighted by Crippen LogP contribution is -2.40. The average Bonchev–Trinajstić information content (AvgIpc) is 3.67. The maximum absolute atomic E-state index is 9.75. The monoisotopic (exact) mass is 712 g/mol. The lowest BCUT2D eigenvalue weighted by Gasteiger charge is -2.30. The smallest absolute Gasteiger partial charge is 0.457 e. The second kappa shape index (κ2) is 12.4. The van der Waals surface area contributed by atoms with E-state index in [1.54, 1.807) is 0 Å². The number of rotatable bonds is 4. The fourth-order valence-electron chi connectivity index (χ4n) is 7.57. The van der Waals surface area contributed by atoms with Gasteiger partial charge in [0.1, 0.15) is 28.7 Å². The first-order valence-electron chi connectivity index (χ1n) is 17.5. The van der Waals surface area contributed by atoms with Crippen LogP contribution >= 0.6 is 0 Å². The first-order chi connectivity index (χ1) is 25.2. The molecule has 0 radical (unpaired) electrons. The van der Waals surface area contributed by atoms with Crippen molar-refractivity contribution in [3.05, 3.63) is 151 Å². The van der Waals surface area contributed by atoms with Gasteiger partial charge in [-0.3, -0.25) is 4.57 Å². The highest BCUT2D eigenvalue weighted by atomic mass is 19.5. The molecule has 9 rings (SSSR count). The van der Waals surface area contributed by atoms with E-state index in [1.165, 1.54) is 44.2 Å². The molecule has 0 saturated heterocycles. The third-order valence-electron chi connectivity index (χ3n) is 10.1. The molecule has 0 saturated carbocycles. The van der Waals surface area contributed by atoms with Crippen molar-refractivity contribution in [1.82, 2.24) is 14.1 Å². The molecule has 4 heterocycles. The molecule has 1 aliphatic heterocycles. The topological polar surface area (TPSA) is 35.9 Å². The Morgan fingerprint density at radius 1 is 0.679 bits per heavy atom. The lowest BCUT2D eigenvalue weighted by atomic mass is 9.75. The highest BCUT2D eigenvalue weighted by Crippen LogP contribution is 2.41. The highest BCUT2D eigenvalue weighted by molar-refractivity contribution is 6.50. The SMILES string of the molecule is CC(C)(C)c1ccnc(-n2c3ccccc3c3ccc(Oc4cccc(-n5c[n+]6c7c(cccc75)C(C)(C)c5ccccc5-6)c4)cc32)c1.F[B-](F)(F)F. The number of hydrogen-bond acceptors (Lipinski definition) is 2. The van der Waals surface area contributed by atoms with Crippen LogP contribution in [0.4, 0.5) is 17.3 Å². The molecule has 0 N–H and O–H groups in total. The predicted molar refractivity (Wildman–Crippen MR) is 204 cm³/mol. The number of imidazole rings is 1. The Kier molecular flexibility index (Phi) is 7.98. The molecule has 0 amide bonds. The fourth-order valence-corrected chi connectivity index (χ4v) is 7.57. The third kappa shape index (κ3) is 6.12. The summed E-state index contributed by atoms with van der Waals surface area (Å²) < 4.78 is 52.5. The Balaban J connectivity index is 0.000000752. The number of fused-ring (bicyclic) bond motifs is 5. The van der Waals surface area contributed by atoms with Crippen LogP contribution in [0.1, 0.15) is 51.3 Å². The van der Waals surface area contributed by atoms with Crippen molar-refractivity contribution in [3.8, 4) is 28.7 Å². The van der Waals surface area contributed by atoms with E-state index in [0.29, 0.717) is 0 Å². The Labute approximate surface area is 304 Å². The van der Waals surface area contributed by atoms with Gasteiger partial charge < -0.3 is 22.0 Å². The van der Waals surface area contributed by atoms with Crippen molar-refractivity contribution in [2.24, 2.45) is 0 Å². The Morgan fingerprint density at radius 2 is 1.34 bits per heavy atom. The van der Waals surface area contributed by atoms with Crippen molar-refractivity contribution < 1.29 is 26.6 Å². The summed E-state index contributed by atoms with van der Waals surface area (Å²) in [5, 5.41) is 2.36. The molecule has 0 unspecified atom stereocenters. The van der Waals surface area contributed by atoms with Crippen LogP contribution in [-0.4, -0.2) is 21.4 Å². The molecule has 5 aromatic carbocycles. The van der Waals surface area contributed by atoms with Crippen LogP contribution in [0.2, 0.25) is 0 Å². The van der Waals surface area contributed by atoms with Gasteiger partial charge in [0, 0.05) is 45.6 Å². The zero-order valence-electron chi connectivity index (χ0n) is 30.0. The van der Waals surface area contributed by atoms with Crippen LogP contribution in [0.3, 0.4) is 0 Å². The van der Waals surface area contributed by atoms with E-state index in [4.69, 9.17) is 9.72 Å². The van der Waals surface area contributed by atoms with Crippen LogP contribution in [0.15, 0.2) is 134 Å². The minimum Gasteiger partial charge on any atom is -0.457 e. The molecule has 53 heavy (non-hydrogen) atoms. The Bertz CT molecular complexity index is 2680. The first-order valence-corrected chi connectivity index (χ1v) is 17.5. The minimum absolute atomic E-state index is 0.0129. The maximum atomic E-state index is 9.75. The van der Waals surface area contributed by atoms with Gasteiger partial charge in [-0.15, -0.1) is 0 Å². The molecule has 1 aliphatic rings. The molecule has 8 aromatic rings. The van der Waals surface area contributed by atoms with Crippen LogP contribution in [0, 0.1) is 0 Å². The Hall–Kier alpha value is -5.90. The molecular formula is C43H37BF4N4O. The van der Waals surface area contributed by atoms with Gasteiger partial charge in [0.25, 0.3) is 6.33 Å². The summed E-state index contributed by atoms with van der Waals surface area (Å²) in [5.74, 6) is 2.46. The molecule has 10 heteroatoms. The molecule has 0 spiro atoms. The summed E-state index contributed by atoms with van der Waals surface area (Å²) in [6, 6.07) is 43.0. The normalized spacial score (nSPS) is 13.5. The van der Waals surface area contributed by atoms with E-state index in [-0.39, 0.29) is 10.8 Å². The second-order valence-electron chi connectivity index (χ2n) is 14.9. The van der Waals surface area contributed by atoms with E-state index in [2.05, 4.69) is 170 Å². The number of ether oxygens (including phenoxy) is 1. The number of nitrogens with zero attached hydrogens (tertiary/aromatic N) is 4. The van der Waals surface area contributed by atoms with Crippen LogP contribution in [-0.2, 0) is 10.8 Å². The van der Waals surface area contributed by atoms with Gasteiger partial charge in [-0.1, -0.05) is 89.2 Å². The molecule has 0 bridgehead atoms. The predicted octanol–water partition coefficient (Wildman–Crippen LogP) is 11.4. The zero-order valence-corrected chi connectivity index (χ0v) is 30.0. The quantitative estimate of drug-likeness (QED) is 0.103. The van der Waals surface area contributed by atoms with E-state index in [9.17, 15) is 17.3 Å². The van der Waals surface area contributed by atoms with Gasteiger partial charge in [0.05, 0.1) is 11.0 Å². The third-order valence-corrected chi connectivity index (χ3v) is 10.1. The van der Waals surface area contributed by atoms with E-state index >= 15 is 0 Å². The van der Waals surface area contributed by atoms with Gasteiger partial charge in [-0.25, -0.2) is 4.98 Å².